The fraction of sp³-hybridized carbons (Fsp3) is 0.333. The number of aromatic nitrogens is 1. The van der Waals surface area contributed by atoms with Crippen molar-refractivity contribution in [3.63, 3.8) is 0 Å². The molecular weight excluding hydrogens is 270 g/mol. The summed E-state index contributed by atoms with van der Waals surface area (Å²) in [6, 6.07) is 10.3. The van der Waals surface area contributed by atoms with E-state index in [4.69, 9.17) is 5.73 Å². The number of carbonyl (C=O) groups excluding carboxylic acids is 1. The number of hydrogen-bond donors (Lipinski definition) is 1. The van der Waals surface area contributed by atoms with E-state index in [2.05, 4.69) is 17.1 Å². The zero-order valence-electron chi connectivity index (χ0n) is 11.6. The van der Waals surface area contributed by atoms with Crippen LogP contribution < -0.4 is 5.73 Å². The Morgan fingerprint density at radius 1 is 1.35 bits per heavy atom. The molecule has 1 heterocycles. The van der Waals surface area contributed by atoms with E-state index in [9.17, 15) is 4.79 Å². The standard InChI is InChI=1S/C15H19N3OS/c1-18(9-5-8-12-6-3-2-4-7-12)14(19)10-13-11-20-15(16)17-13/h2-4,6-7,11H,5,8-10H2,1H3,(H2,16,17). The Labute approximate surface area is 123 Å². The van der Waals surface area contributed by atoms with Gasteiger partial charge in [-0.1, -0.05) is 30.3 Å². The smallest absolute Gasteiger partial charge is 0.228 e. The van der Waals surface area contributed by atoms with E-state index in [1.165, 1.54) is 16.9 Å². The molecular formula is C15H19N3OS. The minimum absolute atomic E-state index is 0.0864. The number of aryl methyl sites for hydroxylation is 1. The quantitative estimate of drug-likeness (QED) is 0.888. The summed E-state index contributed by atoms with van der Waals surface area (Å²) in [4.78, 5) is 17.9. The molecule has 0 bridgehead atoms. The minimum atomic E-state index is 0.0864. The first-order valence-corrected chi connectivity index (χ1v) is 7.51. The first kappa shape index (κ1) is 14.5. The van der Waals surface area contributed by atoms with Crippen LogP contribution in [0, 0.1) is 0 Å². The van der Waals surface area contributed by atoms with Crippen molar-refractivity contribution in [3.8, 4) is 0 Å². The van der Waals surface area contributed by atoms with E-state index in [0.29, 0.717) is 11.6 Å². The number of benzene rings is 1. The summed E-state index contributed by atoms with van der Waals surface area (Å²) in [5, 5.41) is 2.35. The highest BCUT2D eigenvalue weighted by Crippen LogP contribution is 2.12. The zero-order valence-corrected chi connectivity index (χ0v) is 12.4. The SMILES string of the molecule is CN(CCCc1ccccc1)C(=O)Cc1csc(N)n1. The van der Waals surface area contributed by atoms with Crippen LogP contribution in [0.15, 0.2) is 35.7 Å². The zero-order chi connectivity index (χ0) is 14.4. The molecule has 0 saturated carbocycles. The van der Waals surface area contributed by atoms with Crippen LogP contribution in [0.2, 0.25) is 0 Å². The Balaban J connectivity index is 1.74. The lowest BCUT2D eigenvalue weighted by Gasteiger charge is -2.16. The molecule has 2 aromatic rings. The van der Waals surface area contributed by atoms with E-state index >= 15 is 0 Å². The predicted molar refractivity (Wildman–Crippen MR) is 82.6 cm³/mol. The van der Waals surface area contributed by atoms with Gasteiger partial charge in [0.15, 0.2) is 5.13 Å². The summed E-state index contributed by atoms with van der Waals surface area (Å²) in [5.74, 6) is 0.0864. The third kappa shape index (κ3) is 4.35. The van der Waals surface area contributed by atoms with Gasteiger partial charge < -0.3 is 10.6 Å². The van der Waals surface area contributed by atoms with Crippen LogP contribution in [0.25, 0.3) is 0 Å². The van der Waals surface area contributed by atoms with E-state index in [1.807, 2.05) is 30.6 Å². The van der Waals surface area contributed by atoms with E-state index < -0.39 is 0 Å². The lowest BCUT2D eigenvalue weighted by Crippen LogP contribution is -2.29. The molecule has 4 nitrogen and oxygen atoms in total. The molecule has 1 aromatic carbocycles. The van der Waals surface area contributed by atoms with Gasteiger partial charge in [-0.25, -0.2) is 4.98 Å². The summed E-state index contributed by atoms with van der Waals surface area (Å²) >= 11 is 1.37. The fourth-order valence-electron chi connectivity index (χ4n) is 1.98. The maximum absolute atomic E-state index is 12.0. The van der Waals surface area contributed by atoms with Crippen molar-refractivity contribution in [2.24, 2.45) is 0 Å². The van der Waals surface area contributed by atoms with Crippen molar-refractivity contribution in [2.75, 3.05) is 19.3 Å². The lowest BCUT2D eigenvalue weighted by atomic mass is 10.1. The molecule has 0 unspecified atom stereocenters. The monoisotopic (exact) mass is 289 g/mol. The molecule has 0 saturated heterocycles. The van der Waals surface area contributed by atoms with Crippen molar-refractivity contribution >= 4 is 22.4 Å². The van der Waals surface area contributed by atoms with Crippen molar-refractivity contribution in [3.05, 3.63) is 47.0 Å². The molecule has 0 spiro atoms. The van der Waals surface area contributed by atoms with Crippen molar-refractivity contribution in [1.82, 2.24) is 9.88 Å². The highest BCUT2D eigenvalue weighted by molar-refractivity contribution is 7.13. The Morgan fingerprint density at radius 2 is 2.10 bits per heavy atom. The first-order valence-electron chi connectivity index (χ1n) is 6.63. The van der Waals surface area contributed by atoms with Gasteiger partial charge in [0.25, 0.3) is 0 Å². The molecule has 0 aliphatic heterocycles. The van der Waals surface area contributed by atoms with Crippen LogP contribution in [-0.2, 0) is 17.6 Å². The average molecular weight is 289 g/mol. The third-order valence-corrected chi connectivity index (χ3v) is 3.85. The Morgan fingerprint density at radius 3 is 2.75 bits per heavy atom. The van der Waals surface area contributed by atoms with Crippen molar-refractivity contribution in [2.45, 2.75) is 19.3 Å². The van der Waals surface area contributed by atoms with E-state index in [1.54, 1.807) is 4.90 Å². The number of nitrogen functional groups attached to an aromatic ring is 1. The molecule has 1 amide bonds. The normalized spacial score (nSPS) is 10.4. The fourth-order valence-corrected chi connectivity index (χ4v) is 2.55. The second-order valence-electron chi connectivity index (χ2n) is 4.76. The Kier molecular flexibility index (Phi) is 5.12. The molecule has 20 heavy (non-hydrogen) atoms. The maximum atomic E-state index is 12.0. The lowest BCUT2D eigenvalue weighted by molar-refractivity contribution is -0.129. The third-order valence-electron chi connectivity index (χ3n) is 3.13. The number of anilines is 1. The largest absolute Gasteiger partial charge is 0.375 e. The Bertz CT molecular complexity index is 553. The number of nitrogens with two attached hydrogens (primary N) is 1. The summed E-state index contributed by atoms with van der Waals surface area (Å²) in [5.41, 5.74) is 7.62. The summed E-state index contributed by atoms with van der Waals surface area (Å²) in [7, 11) is 1.84. The topological polar surface area (TPSA) is 59.2 Å². The number of nitrogens with zero attached hydrogens (tertiary/aromatic N) is 2. The number of likely N-dealkylation sites (N-methyl/N-ethyl adjacent to an activating group) is 1. The second-order valence-corrected chi connectivity index (χ2v) is 5.65. The van der Waals surface area contributed by atoms with Gasteiger partial charge in [0.1, 0.15) is 0 Å². The number of carbonyl (C=O) groups is 1. The van der Waals surface area contributed by atoms with Gasteiger partial charge in [0.05, 0.1) is 12.1 Å². The van der Waals surface area contributed by atoms with Gasteiger partial charge >= 0.3 is 0 Å². The number of thiazole rings is 1. The van der Waals surface area contributed by atoms with Crippen LogP contribution in [0.3, 0.4) is 0 Å². The first-order chi connectivity index (χ1) is 9.65. The highest BCUT2D eigenvalue weighted by Gasteiger charge is 2.11. The molecule has 2 N–H and O–H groups in total. The Hall–Kier alpha value is -1.88. The summed E-state index contributed by atoms with van der Waals surface area (Å²) in [6.45, 7) is 0.757. The highest BCUT2D eigenvalue weighted by atomic mass is 32.1. The average Bonchev–Trinajstić information content (AvgIpc) is 2.85. The van der Waals surface area contributed by atoms with Crippen LogP contribution in [-0.4, -0.2) is 29.4 Å². The van der Waals surface area contributed by atoms with Crippen LogP contribution in [0.4, 0.5) is 5.13 Å². The predicted octanol–water partition coefficient (Wildman–Crippen LogP) is 2.36. The number of amides is 1. The molecule has 0 aliphatic rings. The summed E-state index contributed by atoms with van der Waals surface area (Å²) < 4.78 is 0. The van der Waals surface area contributed by atoms with Crippen LogP contribution in [0.1, 0.15) is 17.7 Å². The second kappa shape index (κ2) is 7.05. The molecule has 2 rings (SSSR count). The molecule has 1 aromatic heterocycles. The maximum Gasteiger partial charge on any atom is 0.228 e. The van der Waals surface area contributed by atoms with E-state index in [-0.39, 0.29) is 5.91 Å². The van der Waals surface area contributed by atoms with Gasteiger partial charge in [-0.05, 0) is 18.4 Å². The molecule has 0 radical (unpaired) electrons. The van der Waals surface area contributed by atoms with Gasteiger partial charge in [-0.3, -0.25) is 4.79 Å². The van der Waals surface area contributed by atoms with Crippen molar-refractivity contribution < 1.29 is 4.79 Å². The molecule has 0 atom stereocenters. The van der Waals surface area contributed by atoms with Crippen LogP contribution >= 0.6 is 11.3 Å². The van der Waals surface area contributed by atoms with Gasteiger partial charge in [-0.2, -0.15) is 0 Å². The van der Waals surface area contributed by atoms with Gasteiger partial charge in [-0.15, -0.1) is 11.3 Å². The van der Waals surface area contributed by atoms with Crippen LogP contribution in [0.5, 0.6) is 0 Å². The minimum Gasteiger partial charge on any atom is -0.375 e. The number of hydrogen-bond acceptors (Lipinski definition) is 4. The molecule has 0 fully saturated rings. The molecule has 106 valence electrons. The molecule has 5 heteroatoms. The number of rotatable bonds is 6. The van der Waals surface area contributed by atoms with E-state index in [0.717, 1.165) is 25.1 Å². The summed E-state index contributed by atoms with van der Waals surface area (Å²) in [6.07, 6.45) is 2.28. The molecule has 0 aliphatic carbocycles. The van der Waals surface area contributed by atoms with Gasteiger partial charge in [0, 0.05) is 19.0 Å². The van der Waals surface area contributed by atoms with Gasteiger partial charge in [0.2, 0.25) is 5.91 Å². The van der Waals surface area contributed by atoms with Crippen molar-refractivity contribution in [1.29, 1.82) is 0 Å².